The normalized spacial score (nSPS) is 14.4. The number of rotatable bonds is 2. The zero-order chi connectivity index (χ0) is 18.8. The van der Waals surface area contributed by atoms with Crippen molar-refractivity contribution in [2.24, 2.45) is 7.05 Å². The molecule has 1 saturated heterocycles. The second-order valence-electron chi connectivity index (χ2n) is 6.52. The highest BCUT2D eigenvalue weighted by atomic mass is 16.6. The van der Waals surface area contributed by atoms with Gasteiger partial charge in [0.05, 0.1) is 17.4 Å². The lowest BCUT2D eigenvalue weighted by Crippen LogP contribution is -2.51. The average Bonchev–Trinajstić information content (AvgIpc) is 3.08. The van der Waals surface area contributed by atoms with E-state index in [1.54, 1.807) is 28.3 Å². The maximum atomic E-state index is 12.8. The van der Waals surface area contributed by atoms with Gasteiger partial charge in [0, 0.05) is 38.8 Å². The van der Waals surface area contributed by atoms with Crippen molar-refractivity contribution in [3.63, 3.8) is 0 Å². The summed E-state index contributed by atoms with van der Waals surface area (Å²) in [6, 6.07) is 14.5. The van der Waals surface area contributed by atoms with E-state index in [1.165, 1.54) is 0 Å². The molecule has 2 amide bonds. The van der Waals surface area contributed by atoms with Crippen molar-refractivity contribution in [2.45, 2.75) is 0 Å². The van der Waals surface area contributed by atoms with Crippen LogP contribution in [0.4, 0.5) is 4.79 Å². The van der Waals surface area contributed by atoms with Crippen LogP contribution in [0.15, 0.2) is 54.9 Å². The minimum atomic E-state index is -0.386. The molecule has 1 aliphatic rings. The van der Waals surface area contributed by atoms with Crippen LogP contribution < -0.4 is 4.74 Å². The topological polar surface area (TPSA) is 67.7 Å². The zero-order valence-corrected chi connectivity index (χ0v) is 15.0. The van der Waals surface area contributed by atoms with Gasteiger partial charge >= 0.3 is 6.09 Å². The second kappa shape index (κ2) is 7.11. The number of benzene rings is 2. The molecule has 2 aromatic carbocycles. The maximum Gasteiger partial charge on any atom is 0.415 e. The van der Waals surface area contributed by atoms with Crippen LogP contribution in [0.5, 0.6) is 5.75 Å². The van der Waals surface area contributed by atoms with Gasteiger partial charge in [-0.2, -0.15) is 0 Å². The van der Waals surface area contributed by atoms with Gasteiger partial charge in [-0.25, -0.2) is 9.78 Å². The number of carbonyl (C=O) groups is 2. The van der Waals surface area contributed by atoms with E-state index in [9.17, 15) is 9.59 Å². The Balaban J connectivity index is 1.37. The highest BCUT2D eigenvalue weighted by molar-refractivity contribution is 5.97. The molecule has 138 valence electrons. The number of imidazole rings is 1. The minimum Gasteiger partial charge on any atom is -0.410 e. The molecule has 7 heteroatoms. The van der Waals surface area contributed by atoms with E-state index < -0.39 is 0 Å². The molecule has 2 heterocycles. The molecule has 1 aromatic heterocycles. The lowest BCUT2D eigenvalue weighted by molar-refractivity contribution is 0.0633. The Labute approximate surface area is 156 Å². The van der Waals surface area contributed by atoms with E-state index in [1.807, 2.05) is 48.0 Å². The first-order chi connectivity index (χ1) is 13.1. The van der Waals surface area contributed by atoms with E-state index in [-0.39, 0.29) is 12.0 Å². The summed E-state index contributed by atoms with van der Waals surface area (Å²) < 4.78 is 7.28. The van der Waals surface area contributed by atoms with Crippen molar-refractivity contribution in [1.82, 2.24) is 19.4 Å². The monoisotopic (exact) mass is 364 g/mol. The molecule has 7 nitrogen and oxygen atoms in total. The van der Waals surface area contributed by atoms with Crippen LogP contribution in [0.1, 0.15) is 10.4 Å². The molecular formula is C20H20N4O3. The molecule has 0 spiro atoms. The molecule has 1 aliphatic heterocycles. The fraction of sp³-hybridized carbons (Fsp3) is 0.250. The number of fused-ring (bicyclic) bond motifs is 1. The van der Waals surface area contributed by atoms with Gasteiger partial charge in [-0.3, -0.25) is 4.79 Å². The SMILES string of the molecule is Cn1cnc2cc(C(=O)N3CCN(C(=O)Oc4ccccc4)CC3)ccc21. The number of hydrogen-bond acceptors (Lipinski definition) is 4. The Morgan fingerprint density at radius 2 is 1.67 bits per heavy atom. The summed E-state index contributed by atoms with van der Waals surface area (Å²) >= 11 is 0. The molecule has 0 saturated carbocycles. The van der Waals surface area contributed by atoms with Crippen molar-refractivity contribution < 1.29 is 14.3 Å². The molecule has 4 rings (SSSR count). The summed E-state index contributed by atoms with van der Waals surface area (Å²) in [5.41, 5.74) is 2.40. The van der Waals surface area contributed by atoms with Gasteiger partial charge in [-0.1, -0.05) is 18.2 Å². The highest BCUT2D eigenvalue weighted by Crippen LogP contribution is 2.17. The Morgan fingerprint density at radius 1 is 0.963 bits per heavy atom. The molecule has 0 radical (unpaired) electrons. The average molecular weight is 364 g/mol. The summed E-state index contributed by atoms with van der Waals surface area (Å²) in [5, 5.41) is 0. The summed E-state index contributed by atoms with van der Waals surface area (Å²) in [7, 11) is 1.92. The van der Waals surface area contributed by atoms with Gasteiger partial charge in [-0.05, 0) is 30.3 Å². The fourth-order valence-corrected chi connectivity index (χ4v) is 3.20. The number of aryl methyl sites for hydroxylation is 1. The Hall–Kier alpha value is -3.35. The number of aromatic nitrogens is 2. The molecule has 1 fully saturated rings. The molecule has 27 heavy (non-hydrogen) atoms. The van der Waals surface area contributed by atoms with E-state index >= 15 is 0 Å². The molecule has 0 aliphatic carbocycles. The summed E-state index contributed by atoms with van der Waals surface area (Å²) in [6.45, 7) is 1.85. The second-order valence-corrected chi connectivity index (χ2v) is 6.52. The summed E-state index contributed by atoms with van der Waals surface area (Å²) in [4.78, 5) is 32.7. The van der Waals surface area contributed by atoms with E-state index in [4.69, 9.17) is 4.74 Å². The fourth-order valence-electron chi connectivity index (χ4n) is 3.20. The zero-order valence-electron chi connectivity index (χ0n) is 15.0. The number of para-hydroxylation sites is 1. The third kappa shape index (κ3) is 3.48. The maximum absolute atomic E-state index is 12.8. The van der Waals surface area contributed by atoms with Crippen LogP contribution in [-0.2, 0) is 7.05 Å². The highest BCUT2D eigenvalue weighted by Gasteiger charge is 2.26. The Bertz CT molecular complexity index is 975. The first-order valence-corrected chi connectivity index (χ1v) is 8.84. The Morgan fingerprint density at radius 3 is 2.41 bits per heavy atom. The first-order valence-electron chi connectivity index (χ1n) is 8.84. The number of hydrogen-bond donors (Lipinski definition) is 0. The molecular weight excluding hydrogens is 344 g/mol. The van der Waals surface area contributed by atoms with Crippen LogP contribution in [0.2, 0.25) is 0 Å². The molecule has 0 N–H and O–H groups in total. The minimum absolute atomic E-state index is 0.0429. The standard InChI is InChI=1S/C20H20N4O3/c1-22-14-21-17-13-15(7-8-18(17)22)19(25)23-9-11-24(12-10-23)20(26)27-16-5-3-2-4-6-16/h2-8,13-14H,9-12H2,1H3. The quantitative estimate of drug-likeness (QED) is 0.701. The molecule has 3 aromatic rings. The van der Waals surface area contributed by atoms with Gasteiger partial charge in [0.2, 0.25) is 0 Å². The van der Waals surface area contributed by atoms with Gasteiger partial charge in [0.1, 0.15) is 5.75 Å². The van der Waals surface area contributed by atoms with Crippen LogP contribution >= 0.6 is 0 Å². The molecule has 0 unspecified atom stereocenters. The number of nitrogens with zero attached hydrogens (tertiary/aromatic N) is 4. The third-order valence-corrected chi connectivity index (χ3v) is 4.75. The van der Waals surface area contributed by atoms with Gasteiger partial charge in [0.15, 0.2) is 0 Å². The number of ether oxygens (including phenoxy) is 1. The number of carbonyl (C=O) groups excluding carboxylic acids is 2. The van der Waals surface area contributed by atoms with E-state index in [2.05, 4.69) is 4.98 Å². The largest absolute Gasteiger partial charge is 0.415 e. The van der Waals surface area contributed by atoms with Crippen LogP contribution in [-0.4, -0.2) is 57.5 Å². The first kappa shape index (κ1) is 17.1. The van der Waals surface area contributed by atoms with Crippen molar-refractivity contribution >= 4 is 23.0 Å². The van der Waals surface area contributed by atoms with E-state index in [0.29, 0.717) is 37.5 Å². The predicted octanol–water partition coefficient (Wildman–Crippen LogP) is 2.53. The lowest BCUT2D eigenvalue weighted by Gasteiger charge is -2.34. The number of piperazine rings is 1. The summed E-state index contributed by atoms with van der Waals surface area (Å²) in [5.74, 6) is 0.475. The molecule has 0 bridgehead atoms. The number of amides is 2. The van der Waals surface area contributed by atoms with Gasteiger partial charge in [0.25, 0.3) is 5.91 Å². The third-order valence-electron chi connectivity index (χ3n) is 4.75. The Kier molecular flexibility index (Phi) is 4.50. The van der Waals surface area contributed by atoms with Crippen LogP contribution in [0, 0.1) is 0 Å². The van der Waals surface area contributed by atoms with Gasteiger partial charge in [-0.15, -0.1) is 0 Å². The van der Waals surface area contributed by atoms with Gasteiger partial charge < -0.3 is 19.1 Å². The van der Waals surface area contributed by atoms with Crippen LogP contribution in [0.25, 0.3) is 11.0 Å². The van der Waals surface area contributed by atoms with E-state index in [0.717, 1.165) is 11.0 Å². The predicted molar refractivity (Wildman–Crippen MR) is 101 cm³/mol. The van der Waals surface area contributed by atoms with Crippen molar-refractivity contribution in [3.8, 4) is 5.75 Å². The summed E-state index contributed by atoms with van der Waals surface area (Å²) in [6.07, 6.45) is 1.35. The van der Waals surface area contributed by atoms with Crippen molar-refractivity contribution in [3.05, 3.63) is 60.4 Å². The smallest absolute Gasteiger partial charge is 0.410 e. The van der Waals surface area contributed by atoms with Crippen molar-refractivity contribution in [1.29, 1.82) is 0 Å². The lowest BCUT2D eigenvalue weighted by atomic mass is 10.1. The molecule has 0 atom stereocenters. The van der Waals surface area contributed by atoms with Crippen LogP contribution in [0.3, 0.4) is 0 Å². The van der Waals surface area contributed by atoms with Crippen molar-refractivity contribution in [2.75, 3.05) is 26.2 Å².